The fourth-order valence-electron chi connectivity index (χ4n) is 4.29. The van der Waals surface area contributed by atoms with E-state index in [0.29, 0.717) is 0 Å². The van der Waals surface area contributed by atoms with Crippen molar-refractivity contribution in [1.82, 2.24) is 0 Å². The molecule has 1 heteroatoms. The van der Waals surface area contributed by atoms with E-state index in [-0.39, 0.29) is 0 Å². The van der Waals surface area contributed by atoms with Gasteiger partial charge in [0.15, 0.2) is 0 Å². The minimum atomic E-state index is 1.20. The van der Waals surface area contributed by atoms with Gasteiger partial charge in [-0.1, -0.05) is 118 Å². The second-order valence-corrected chi connectivity index (χ2v) is 8.30. The fraction of sp³-hybridized carbons (Fsp3) is 0.310. The highest BCUT2D eigenvalue weighted by atomic mass is 14.1. The number of rotatable bonds is 8. The Morgan fingerprint density at radius 1 is 0.667 bits per heavy atom. The van der Waals surface area contributed by atoms with E-state index in [2.05, 4.69) is 88.1 Å². The molecule has 0 aliphatic heterocycles. The zero-order chi connectivity index (χ0) is 21.2. The van der Waals surface area contributed by atoms with Gasteiger partial charge in [0.25, 0.3) is 0 Å². The van der Waals surface area contributed by atoms with Crippen LogP contribution in [-0.2, 0) is 0 Å². The largest absolute Gasteiger partial charge is 0.140 e. The lowest BCUT2D eigenvalue weighted by Crippen LogP contribution is -2.05. The predicted molar refractivity (Wildman–Crippen MR) is 140 cm³/mol. The van der Waals surface area contributed by atoms with Crippen LogP contribution in [-0.4, -0.2) is 7.85 Å². The van der Waals surface area contributed by atoms with Crippen LogP contribution in [0.25, 0.3) is 32.3 Å². The summed E-state index contributed by atoms with van der Waals surface area (Å²) in [6, 6.07) is 24.0. The van der Waals surface area contributed by atoms with E-state index in [4.69, 9.17) is 0 Å². The molecule has 0 nitrogen and oxygen atoms in total. The molecule has 0 fully saturated rings. The summed E-state index contributed by atoms with van der Waals surface area (Å²) in [5.74, 6) is 0. The Morgan fingerprint density at radius 2 is 1.30 bits per heavy atom. The van der Waals surface area contributed by atoms with Gasteiger partial charge in [-0.05, 0) is 51.2 Å². The average molecular weight is 394 g/mol. The van der Waals surface area contributed by atoms with Gasteiger partial charge in [0.2, 0.25) is 0 Å². The van der Waals surface area contributed by atoms with Crippen molar-refractivity contribution in [2.75, 3.05) is 0 Å². The Bertz CT molecular complexity index is 1090. The summed E-state index contributed by atoms with van der Waals surface area (Å²) < 4.78 is 0. The molecule has 30 heavy (non-hydrogen) atoms. The van der Waals surface area contributed by atoms with Crippen LogP contribution >= 0.6 is 0 Å². The van der Waals surface area contributed by atoms with Crippen LogP contribution in [0.2, 0.25) is 0 Å². The van der Waals surface area contributed by atoms with Crippen LogP contribution in [0.15, 0.2) is 79.4 Å². The van der Waals surface area contributed by atoms with Crippen molar-refractivity contribution in [1.29, 1.82) is 0 Å². The summed E-state index contributed by atoms with van der Waals surface area (Å²) in [4.78, 5) is 0. The molecule has 0 spiro atoms. The van der Waals surface area contributed by atoms with Crippen LogP contribution in [0, 0.1) is 0 Å². The predicted octanol–water partition coefficient (Wildman–Crippen LogP) is 7.72. The van der Waals surface area contributed by atoms with Crippen molar-refractivity contribution in [3.05, 3.63) is 79.4 Å². The summed E-state index contributed by atoms with van der Waals surface area (Å²) >= 11 is 0. The van der Waals surface area contributed by atoms with E-state index in [0.717, 1.165) is 0 Å². The number of hydrogen-bond donors (Lipinski definition) is 0. The molecule has 0 amide bonds. The third-order valence-corrected chi connectivity index (χ3v) is 6.05. The normalized spacial score (nSPS) is 10.8. The van der Waals surface area contributed by atoms with Gasteiger partial charge in [-0.15, -0.1) is 6.58 Å². The maximum Gasteiger partial charge on any atom is 0.140 e. The maximum absolute atomic E-state index is 3.71. The van der Waals surface area contributed by atoms with Crippen LogP contribution < -0.4 is 5.46 Å². The maximum atomic E-state index is 3.71. The van der Waals surface area contributed by atoms with Crippen molar-refractivity contribution in [2.45, 2.75) is 58.3 Å². The first-order chi connectivity index (χ1) is 14.8. The van der Waals surface area contributed by atoms with Gasteiger partial charge in [0.1, 0.15) is 7.85 Å². The Hall–Kier alpha value is -2.54. The van der Waals surface area contributed by atoms with E-state index in [9.17, 15) is 0 Å². The smallest absolute Gasteiger partial charge is 0.103 e. The molecule has 4 rings (SSSR count). The lowest BCUT2D eigenvalue weighted by Gasteiger charge is -2.10. The molecule has 0 aliphatic rings. The molecule has 0 bridgehead atoms. The first kappa shape index (κ1) is 22.2. The molecule has 0 saturated carbocycles. The zero-order valence-electron chi connectivity index (χ0n) is 18.8. The first-order valence-electron chi connectivity index (χ1n) is 11.7. The number of hydrogen-bond acceptors (Lipinski definition) is 0. The highest BCUT2D eigenvalue weighted by Crippen LogP contribution is 2.27. The molecule has 154 valence electrons. The van der Waals surface area contributed by atoms with E-state index in [1.54, 1.807) is 0 Å². The van der Waals surface area contributed by atoms with Gasteiger partial charge in [-0.3, -0.25) is 0 Å². The molecule has 0 radical (unpaired) electrons. The Kier molecular flexibility index (Phi) is 8.57. The van der Waals surface area contributed by atoms with Gasteiger partial charge in [0.05, 0.1) is 0 Å². The number of unbranched alkanes of at least 4 members (excludes halogenated alkanes) is 7. The zero-order valence-corrected chi connectivity index (χ0v) is 18.8. The van der Waals surface area contributed by atoms with E-state index < -0.39 is 0 Å². The van der Waals surface area contributed by atoms with Crippen LogP contribution in [0.4, 0.5) is 0 Å². The van der Waals surface area contributed by atoms with Crippen molar-refractivity contribution in [3.8, 4) is 0 Å². The molecule has 0 atom stereocenters. The van der Waals surface area contributed by atoms with Crippen LogP contribution in [0.5, 0.6) is 0 Å². The molecule has 4 aromatic rings. The van der Waals surface area contributed by atoms with Gasteiger partial charge in [0, 0.05) is 0 Å². The van der Waals surface area contributed by atoms with Gasteiger partial charge in [-0.25, -0.2) is 0 Å². The van der Waals surface area contributed by atoms with Crippen molar-refractivity contribution in [2.24, 2.45) is 0 Å². The monoisotopic (exact) mass is 394 g/mol. The van der Waals surface area contributed by atoms with Gasteiger partial charge in [-0.2, -0.15) is 0 Å². The molecule has 4 aromatic carbocycles. The lowest BCUT2D eigenvalue weighted by molar-refractivity contribution is 0.592. The topological polar surface area (TPSA) is 0 Å². The second-order valence-electron chi connectivity index (χ2n) is 8.30. The van der Waals surface area contributed by atoms with Crippen molar-refractivity contribution < 1.29 is 0 Å². The second kappa shape index (κ2) is 11.6. The molecule has 0 aromatic heterocycles. The Balaban J connectivity index is 0.000000202. The SMILES string of the molecule is Bc1c2ccccc2cc2c1ccc1ccccc12.C=CCCCCCCCCC. The summed E-state index contributed by atoms with van der Waals surface area (Å²) in [7, 11) is 2.22. The average Bonchev–Trinajstić information content (AvgIpc) is 2.79. The molecular formula is C29H35B. The highest BCUT2D eigenvalue weighted by Gasteiger charge is 2.06. The molecule has 0 saturated heterocycles. The summed E-state index contributed by atoms with van der Waals surface area (Å²) in [5, 5.41) is 8.04. The molecular weight excluding hydrogens is 359 g/mol. The van der Waals surface area contributed by atoms with E-state index >= 15 is 0 Å². The lowest BCUT2D eigenvalue weighted by atomic mass is 9.84. The third-order valence-electron chi connectivity index (χ3n) is 6.05. The van der Waals surface area contributed by atoms with Crippen molar-refractivity contribution >= 4 is 45.6 Å². The Labute approximate surface area is 183 Å². The minimum absolute atomic E-state index is 1.20. The molecule has 0 N–H and O–H groups in total. The van der Waals surface area contributed by atoms with Crippen molar-refractivity contribution in [3.63, 3.8) is 0 Å². The number of benzene rings is 4. The van der Waals surface area contributed by atoms with Crippen LogP contribution in [0.1, 0.15) is 58.3 Å². The number of fused-ring (bicyclic) bond motifs is 4. The minimum Gasteiger partial charge on any atom is -0.103 e. The van der Waals surface area contributed by atoms with Gasteiger partial charge < -0.3 is 0 Å². The molecule has 0 heterocycles. The summed E-state index contributed by atoms with van der Waals surface area (Å²) in [5.41, 5.74) is 1.37. The van der Waals surface area contributed by atoms with E-state index in [1.807, 2.05) is 6.08 Å². The van der Waals surface area contributed by atoms with E-state index in [1.165, 1.54) is 89.1 Å². The Morgan fingerprint density at radius 3 is 2.03 bits per heavy atom. The van der Waals surface area contributed by atoms with Crippen LogP contribution in [0.3, 0.4) is 0 Å². The molecule has 0 unspecified atom stereocenters. The fourth-order valence-corrected chi connectivity index (χ4v) is 4.29. The highest BCUT2D eigenvalue weighted by molar-refractivity contribution is 6.46. The first-order valence-corrected chi connectivity index (χ1v) is 11.7. The third kappa shape index (κ3) is 5.54. The molecule has 0 aliphatic carbocycles. The number of allylic oxidation sites excluding steroid dienone is 1. The standard InChI is InChI=1S/C18H13B.C11H22/c19-18-15-8-4-2-6-13(15)11-17-14-7-3-1-5-12(14)9-10-16(17)18;1-3-5-7-9-11-10-8-6-4-2/h1-11H,19H2;3H,1,4-11H2,2H3. The summed E-state index contributed by atoms with van der Waals surface area (Å²) in [6.45, 7) is 5.97. The quantitative estimate of drug-likeness (QED) is 0.0943. The van der Waals surface area contributed by atoms with Gasteiger partial charge >= 0.3 is 0 Å². The summed E-state index contributed by atoms with van der Waals surface area (Å²) in [6.07, 6.45) is 13.0.